The van der Waals surface area contributed by atoms with Gasteiger partial charge in [0.25, 0.3) is 0 Å². The summed E-state index contributed by atoms with van der Waals surface area (Å²) in [5.74, 6) is 1.65. The summed E-state index contributed by atoms with van der Waals surface area (Å²) in [7, 11) is 3.68. The zero-order valence-electron chi connectivity index (χ0n) is 12.7. The number of hydrogen-bond donors (Lipinski definition) is 0. The van der Waals surface area contributed by atoms with E-state index in [1.807, 2.05) is 11.9 Å². The topological polar surface area (TPSA) is 29.5 Å². The van der Waals surface area contributed by atoms with Gasteiger partial charge in [-0.2, -0.15) is 0 Å². The van der Waals surface area contributed by atoms with E-state index in [9.17, 15) is 4.79 Å². The average molecular weight is 263 g/mol. The van der Waals surface area contributed by atoms with Crippen molar-refractivity contribution in [2.75, 3.05) is 27.2 Å². The highest BCUT2D eigenvalue weighted by atomic mass is 16.5. The van der Waals surface area contributed by atoms with Crippen LogP contribution in [0.2, 0.25) is 0 Å². The van der Waals surface area contributed by atoms with E-state index in [-0.39, 0.29) is 5.78 Å². The summed E-state index contributed by atoms with van der Waals surface area (Å²) in [4.78, 5) is 13.1. The van der Waals surface area contributed by atoms with Crippen molar-refractivity contribution < 1.29 is 9.53 Å². The Kier molecular flexibility index (Phi) is 6.03. The van der Waals surface area contributed by atoms with E-state index in [1.54, 1.807) is 14.0 Å². The molecule has 0 atom stereocenters. The molecule has 0 radical (unpaired) electrons. The second-order valence-electron chi connectivity index (χ2n) is 5.42. The second-order valence-corrected chi connectivity index (χ2v) is 5.42. The molecule has 1 aromatic carbocycles. The lowest BCUT2D eigenvalue weighted by Gasteiger charge is -2.17. The molecule has 0 spiro atoms. The van der Waals surface area contributed by atoms with Crippen molar-refractivity contribution in [3.63, 3.8) is 0 Å². The number of nitrogens with zero attached hydrogens (tertiary/aromatic N) is 1. The van der Waals surface area contributed by atoms with Gasteiger partial charge in [-0.25, -0.2) is 0 Å². The first-order valence-electron chi connectivity index (χ1n) is 6.78. The van der Waals surface area contributed by atoms with Crippen molar-refractivity contribution in [2.24, 2.45) is 0 Å². The number of Topliss-reactive ketones (excluding diaryl/α,β-unsaturated/α-hetero) is 1. The lowest BCUT2D eigenvalue weighted by molar-refractivity contribution is -0.117. The molecule has 0 aliphatic heterocycles. The highest BCUT2D eigenvalue weighted by Crippen LogP contribution is 2.25. The maximum atomic E-state index is 11.0. The molecular weight excluding hydrogens is 238 g/mol. The minimum absolute atomic E-state index is 0.199. The summed E-state index contributed by atoms with van der Waals surface area (Å²) in [6, 6.07) is 6.41. The van der Waals surface area contributed by atoms with Crippen LogP contribution in [0.25, 0.3) is 0 Å². The summed E-state index contributed by atoms with van der Waals surface area (Å²) in [6.07, 6.45) is 0.894. The van der Waals surface area contributed by atoms with Crippen LogP contribution in [-0.2, 0) is 11.2 Å². The smallest absolute Gasteiger partial charge is 0.143 e. The summed E-state index contributed by atoms with van der Waals surface area (Å²) in [5, 5.41) is 0. The normalized spacial score (nSPS) is 11.1. The zero-order chi connectivity index (χ0) is 14.4. The Hall–Kier alpha value is -1.35. The molecule has 3 heteroatoms. The van der Waals surface area contributed by atoms with Crippen LogP contribution in [0.5, 0.6) is 5.75 Å². The van der Waals surface area contributed by atoms with E-state index in [1.165, 1.54) is 11.1 Å². The maximum absolute atomic E-state index is 11.0. The highest BCUT2D eigenvalue weighted by molar-refractivity contribution is 5.77. The van der Waals surface area contributed by atoms with E-state index in [2.05, 4.69) is 32.0 Å². The van der Waals surface area contributed by atoms with Crippen molar-refractivity contribution in [1.82, 2.24) is 4.90 Å². The zero-order valence-corrected chi connectivity index (χ0v) is 12.7. The van der Waals surface area contributed by atoms with Gasteiger partial charge in [-0.05, 0) is 43.5 Å². The second kappa shape index (κ2) is 7.29. The van der Waals surface area contributed by atoms with Crippen LogP contribution >= 0.6 is 0 Å². The maximum Gasteiger partial charge on any atom is 0.143 e. The number of carbonyl (C=O) groups excluding carboxylic acids is 1. The van der Waals surface area contributed by atoms with E-state index >= 15 is 0 Å². The monoisotopic (exact) mass is 263 g/mol. The minimum atomic E-state index is 0.199. The molecule has 0 aliphatic rings. The van der Waals surface area contributed by atoms with Gasteiger partial charge in [-0.3, -0.25) is 9.69 Å². The number of likely N-dealkylation sites (N-methyl/N-ethyl adjacent to an activating group) is 1. The standard InChI is InChI=1S/C16H25NO2/c1-12(2)15-7-6-14(16(10-15)19-5)8-9-17(4)11-13(3)18/h6-7,10,12H,8-9,11H2,1-5H3. The molecule has 0 saturated heterocycles. The Morgan fingerprint density at radius 3 is 2.58 bits per heavy atom. The summed E-state index contributed by atoms with van der Waals surface area (Å²) in [5.41, 5.74) is 2.49. The molecule has 106 valence electrons. The number of methoxy groups -OCH3 is 1. The SMILES string of the molecule is COc1cc(C(C)C)ccc1CCN(C)CC(C)=O. The Labute approximate surface area is 116 Å². The molecule has 0 unspecified atom stereocenters. The predicted octanol–water partition coefficient (Wildman–Crippen LogP) is 2.88. The molecular formula is C16H25NO2. The van der Waals surface area contributed by atoms with E-state index in [4.69, 9.17) is 4.74 Å². The Morgan fingerprint density at radius 1 is 1.37 bits per heavy atom. The molecule has 0 saturated carbocycles. The molecule has 0 bridgehead atoms. The van der Waals surface area contributed by atoms with Gasteiger partial charge < -0.3 is 4.74 Å². The fraction of sp³-hybridized carbons (Fsp3) is 0.562. The quantitative estimate of drug-likeness (QED) is 0.757. The van der Waals surface area contributed by atoms with Crippen molar-refractivity contribution >= 4 is 5.78 Å². The summed E-state index contributed by atoms with van der Waals surface area (Å²) in [6.45, 7) is 7.34. The largest absolute Gasteiger partial charge is 0.496 e. The van der Waals surface area contributed by atoms with Gasteiger partial charge >= 0.3 is 0 Å². The first-order valence-corrected chi connectivity index (χ1v) is 6.78. The van der Waals surface area contributed by atoms with Crippen LogP contribution in [0, 0.1) is 0 Å². The van der Waals surface area contributed by atoms with Crippen LogP contribution < -0.4 is 4.74 Å². The molecule has 1 aromatic rings. The van der Waals surface area contributed by atoms with Gasteiger partial charge in [0.05, 0.1) is 13.7 Å². The molecule has 0 aliphatic carbocycles. The molecule has 3 nitrogen and oxygen atoms in total. The first kappa shape index (κ1) is 15.7. The van der Waals surface area contributed by atoms with Crippen molar-refractivity contribution in [3.05, 3.63) is 29.3 Å². The van der Waals surface area contributed by atoms with Crippen LogP contribution in [0.3, 0.4) is 0 Å². The third-order valence-corrected chi connectivity index (χ3v) is 3.23. The van der Waals surface area contributed by atoms with Crippen molar-refractivity contribution in [2.45, 2.75) is 33.1 Å². The Bertz CT molecular complexity index is 427. The van der Waals surface area contributed by atoms with Gasteiger partial charge in [-0.1, -0.05) is 26.0 Å². The summed E-state index contributed by atoms with van der Waals surface area (Å²) < 4.78 is 5.46. The lowest BCUT2D eigenvalue weighted by Crippen LogP contribution is -2.26. The average Bonchev–Trinajstić information content (AvgIpc) is 2.35. The van der Waals surface area contributed by atoms with Crippen LogP contribution in [0.4, 0.5) is 0 Å². The van der Waals surface area contributed by atoms with E-state index in [0.717, 1.165) is 18.7 Å². The van der Waals surface area contributed by atoms with Gasteiger partial charge in [0, 0.05) is 6.54 Å². The molecule has 19 heavy (non-hydrogen) atoms. The third kappa shape index (κ3) is 5.03. The Morgan fingerprint density at radius 2 is 2.05 bits per heavy atom. The van der Waals surface area contributed by atoms with Gasteiger partial charge in [0.1, 0.15) is 11.5 Å². The molecule has 0 N–H and O–H groups in total. The van der Waals surface area contributed by atoms with E-state index in [0.29, 0.717) is 12.5 Å². The van der Waals surface area contributed by atoms with E-state index < -0.39 is 0 Å². The van der Waals surface area contributed by atoms with Gasteiger partial charge in [0.15, 0.2) is 0 Å². The Balaban J connectivity index is 2.70. The summed E-state index contributed by atoms with van der Waals surface area (Å²) >= 11 is 0. The molecule has 0 fully saturated rings. The number of ether oxygens (including phenoxy) is 1. The molecule has 0 aromatic heterocycles. The van der Waals surface area contributed by atoms with Crippen molar-refractivity contribution in [3.8, 4) is 5.75 Å². The molecule has 0 amide bonds. The fourth-order valence-corrected chi connectivity index (χ4v) is 2.10. The first-order chi connectivity index (χ1) is 8.93. The number of carbonyl (C=O) groups is 1. The van der Waals surface area contributed by atoms with Crippen LogP contribution in [0.1, 0.15) is 37.8 Å². The number of rotatable bonds is 7. The van der Waals surface area contributed by atoms with Crippen molar-refractivity contribution in [1.29, 1.82) is 0 Å². The molecule has 0 heterocycles. The fourth-order valence-electron chi connectivity index (χ4n) is 2.10. The highest BCUT2D eigenvalue weighted by Gasteiger charge is 2.08. The number of ketones is 1. The molecule has 1 rings (SSSR count). The lowest BCUT2D eigenvalue weighted by atomic mass is 10.00. The number of hydrogen-bond acceptors (Lipinski definition) is 3. The van der Waals surface area contributed by atoms with Crippen LogP contribution in [0.15, 0.2) is 18.2 Å². The minimum Gasteiger partial charge on any atom is -0.496 e. The van der Waals surface area contributed by atoms with Crippen LogP contribution in [-0.4, -0.2) is 37.9 Å². The number of benzene rings is 1. The van der Waals surface area contributed by atoms with Gasteiger partial charge in [0.2, 0.25) is 0 Å². The van der Waals surface area contributed by atoms with Gasteiger partial charge in [-0.15, -0.1) is 0 Å². The third-order valence-electron chi connectivity index (χ3n) is 3.23. The predicted molar refractivity (Wildman–Crippen MR) is 79.0 cm³/mol.